The standard InChI is InChI=1S/C12H24O4/c1-12(2,13)6-8-14-9-10-16-11-5-3-4-7-15-11/h11,13H,3-10H2,1-2H3. The van der Waals surface area contributed by atoms with Gasteiger partial charge in [0.05, 0.1) is 18.8 Å². The van der Waals surface area contributed by atoms with Crippen molar-refractivity contribution in [2.24, 2.45) is 0 Å². The zero-order valence-electron chi connectivity index (χ0n) is 10.4. The minimum absolute atomic E-state index is 0.0355. The van der Waals surface area contributed by atoms with Crippen molar-refractivity contribution in [3.05, 3.63) is 0 Å². The summed E-state index contributed by atoms with van der Waals surface area (Å²) >= 11 is 0. The average Bonchev–Trinajstić information content (AvgIpc) is 2.23. The Morgan fingerprint density at radius 2 is 2.06 bits per heavy atom. The van der Waals surface area contributed by atoms with Crippen LogP contribution in [-0.4, -0.2) is 43.4 Å². The van der Waals surface area contributed by atoms with Gasteiger partial charge in [-0.25, -0.2) is 0 Å². The van der Waals surface area contributed by atoms with Gasteiger partial charge in [-0.15, -0.1) is 0 Å². The van der Waals surface area contributed by atoms with Crippen LogP contribution in [0, 0.1) is 0 Å². The van der Waals surface area contributed by atoms with E-state index in [2.05, 4.69) is 0 Å². The molecule has 1 aliphatic heterocycles. The summed E-state index contributed by atoms with van der Waals surface area (Å²) in [5.74, 6) is 0. The van der Waals surface area contributed by atoms with Crippen LogP contribution in [0.1, 0.15) is 39.5 Å². The molecule has 1 saturated heterocycles. The Hall–Kier alpha value is -0.160. The Morgan fingerprint density at radius 3 is 2.69 bits per heavy atom. The van der Waals surface area contributed by atoms with Crippen LogP contribution < -0.4 is 0 Å². The van der Waals surface area contributed by atoms with E-state index in [1.807, 2.05) is 0 Å². The summed E-state index contributed by atoms with van der Waals surface area (Å²) in [7, 11) is 0. The smallest absolute Gasteiger partial charge is 0.157 e. The molecule has 0 bridgehead atoms. The molecule has 16 heavy (non-hydrogen) atoms. The molecule has 4 nitrogen and oxygen atoms in total. The first-order valence-corrected chi connectivity index (χ1v) is 6.11. The van der Waals surface area contributed by atoms with Crippen molar-refractivity contribution < 1.29 is 19.3 Å². The molecule has 0 aromatic rings. The molecule has 1 fully saturated rings. The number of hydrogen-bond acceptors (Lipinski definition) is 4. The molecule has 0 aromatic carbocycles. The summed E-state index contributed by atoms with van der Waals surface area (Å²) in [6, 6.07) is 0. The Bertz CT molecular complexity index is 170. The fourth-order valence-electron chi connectivity index (χ4n) is 1.51. The highest BCUT2D eigenvalue weighted by molar-refractivity contribution is 4.63. The van der Waals surface area contributed by atoms with Crippen molar-refractivity contribution in [3.8, 4) is 0 Å². The lowest BCUT2D eigenvalue weighted by molar-refractivity contribution is -0.169. The largest absolute Gasteiger partial charge is 0.390 e. The van der Waals surface area contributed by atoms with E-state index in [1.54, 1.807) is 13.8 Å². The van der Waals surface area contributed by atoms with Crippen molar-refractivity contribution in [2.45, 2.75) is 51.4 Å². The van der Waals surface area contributed by atoms with E-state index < -0.39 is 5.60 Å². The maximum Gasteiger partial charge on any atom is 0.157 e. The van der Waals surface area contributed by atoms with Gasteiger partial charge in [-0.1, -0.05) is 0 Å². The molecule has 0 radical (unpaired) electrons. The highest BCUT2D eigenvalue weighted by Crippen LogP contribution is 2.13. The van der Waals surface area contributed by atoms with E-state index in [1.165, 1.54) is 6.42 Å². The quantitative estimate of drug-likeness (QED) is 0.679. The van der Waals surface area contributed by atoms with E-state index in [-0.39, 0.29) is 6.29 Å². The first kappa shape index (κ1) is 13.9. The van der Waals surface area contributed by atoms with Crippen LogP contribution in [0.2, 0.25) is 0 Å². The predicted molar refractivity (Wildman–Crippen MR) is 61.3 cm³/mol. The molecule has 0 saturated carbocycles. The first-order chi connectivity index (χ1) is 7.58. The van der Waals surface area contributed by atoms with Gasteiger partial charge in [0.2, 0.25) is 0 Å². The first-order valence-electron chi connectivity index (χ1n) is 6.11. The molecule has 1 atom stereocenters. The van der Waals surface area contributed by atoms with E-state index in [4.69, 9.17) is 14.2 Å². The van der Waals surface area contributed by atoms with Crippen molar-refractivity contribution in [3.63, 3.8) is 0 Å². The monoisotopic (exact) mass is 232 g/mol. The molecule has 1 heterocycles. The van der Waals surface area contributed by atoms with Gasteiger partial charge in [0.15, 0.2) is 6.29 Å². The van der Waals surface area contributed by atoms with Gasteiger partial charge in [0, 0.05) is 13.2 Å². The average molecular weight is 232 g/mol. The van der Waals surface area contributed by atoms with Crippen LogP contribution in [0.15, 0.2) is 0 Å². The van der Waals surface area contributed by atoms with Crippen molar-refractivity contribution >= 4 is 0 Å². The van der Waals surface area contributed by atoms with Gasteiger partial charge in [-0.05, 0) is 39.5 Å². The summed E-state index contributed by atoms with van der Waals surface area (Å²) in [4.78, 5) is 0. The van der Waals surface area contributed by atoms with E-state index >= 15 is 0 Å². The van der Waals surface area contributed by atoms with Crippen molar-refractivity contribution in [2.75, 3.05) is 26.4 Å². The molecular weight excluding hydrogens is 208 g/mol. The Morgan fingerprint density at radius 1 is 1.25 bits per heavy atom. The summed E-state index contributed by atoms with van der Waals surface area (Å²) in [5, 5.41) is 9.45. The lowest BCUT2D eigenvalue weighted by Crippen LogP contribution is -2.25. The van der Waals surface area contributed by atoms with Gasteiger partial charge < -0.3 is 19.3 Å². The summed E-state index contributed by atoms with van der Waals surface area (Å²) in [6.45, 7) is 6.07. The topological polar surface area (TPSA) is 47.9 Å². The minimum Gasteiger partial charge on any atom is -0.390 e. The maximum absolute atomic E-state index is 9.45. The van der Waals surface area contributed by atoms with E-state index in [0.717, 1.165) is 19.4 Å². The lowest BCUT2D eigenvalue weighted by atomic mass is 10.1. The second-order valence-corrected chi connectivity index (χ2v) is 4.84. The molecule has 96 valence electrons. The molecule has 0 amide bonds. The molecule has 1 N–H and O–H groups in total. The zero-order valence-corrected chi connectivity index (χ0v) is 10.4. The summed E-state index contributed by atoms with van der Waals surface area (Å²) in [5.41, 5.74) is -0.645. The third-order valence-corrected chi connectivity index (χ3v) is 2.53. The summed E-state index contributed by atoms with van der Waals surface area (Å²) < 4.78 is 16.3. The van der Waals surface area contributed by atoms with E-state index in [9.17, 15) is 5.11 Å². The van der Waals surface area contributed by atoms with Crippen molar-refractivity contribution in [1.82, 2.24) is 0 Å². The van der Waals surface area contributed by atoms with Crippen molar-refractivity contribution in [1.29, 1.82) is 0 Å². The van der Waals surface area contributed by atoms with Crippen LogP contribution in [-0.2, 0) is 14.2 Å². The van der Waals surface area contributed by atoms with Crippen LogP contribution in [0.3, 0.4) is 0 Å². The van der Waals surface area contributed by atoms with Gasteiger partial charge in [-0.3, -0.25) is 0 Å². The Balaban J connectivity index is 1.87. The number of ether oxygens (including phenoxy) is 3. The minimum atomic E-state index is -0.645. The number of hydrogen-bond donors (Lipinski definition) is 1. The molecule has 0 aromatic heterocycles. The molecule has 0 spiro atoms. The number of aliphatic hydroxyl groups is 1. The predicted octanol–water partition coefficient (Wildman–Crippen LogP) is 1.71. The second-order valence-electron chi connectivity index (χ2n) is 4.84. The fraction of sp³-hybridized carbons (Fsp3) is 1.00. The molecule has 1 unspecified atom stereocenters. The molecule has 1 aliphatic rings. The van der Waals surface area contributed by atoms with Crippen LogP contribution in [0.5, 0.6) is 0 Å². The molecule has 4 heteroatoms. The van der Waals surface area contributed by atoms with Gasteiger partial charge in [0.1, 0.15) is 0 Å². The zero-order chi connectivity index (χ0) is 11.9. The maximum atomic E-state index is 9.45. The van der Waals surface area contributed by atoms with Gasteiger partial charge >= 0.3 is 0 Å². The molecule has 0 aliphatic carbocycles. The highest BCUT2D eigenvalue weighted by atomic mass is 16.7. The molecular formula is C12H24O4. The normalized spacial score (nSPS) is 22.3. The van der Waals surface area contributed by atoms with Gasteiger partial charge in [0.25, 0.3) is 0 Å². The lowest BCUT2D eigenvalue weighted by Gasteiger charge is -2.22. The molecule has 1 rings (SSSR count). The van der Waals surface area contributed by atoms with Gasteiger partial charge in [-0.2, -0.15) is 0 Å². The number of rotatable bonds is 7. The fourth-order valence-corrected chi connectivity index (χ4v) is 1.51. The Labute approximate surface area is 97.9 Å². The third kappa shape index (κ3) is 7.17. The SMILES string of the molecule is CC(C)(O)CCOCCOC1CCCCO1. The van der Waals surface area contributed by atoms with E-state index in [0.29, 0.717) is 26.2 Å². The third-order valence-electron chi connectivity index (χ3n) is 2.53. The highest BCUT2D eigenvalue weighted by Gasteiger charge is 2.14. The summed E-state index contributed by atoms with van der Waals surface area (Å²) in [6.07, 6.45) is 3.93. The van der Waals surface area contributed by atoms with Crippen LogP contribution in [0.4, 0.5) is 0 Å². The van der Waals surface area contributed by atoms with Crippen LogP contribution >= 0.6 is 0 Å². The second kappa shape index (κ2) is 7.22. The Kier molecular flexibility index (Phi) is 6.28. The van der Waals surface area contributed by atoms with Crippen LogP contribution in [0.25, 0.3) is 0 Å².